The summed E-state index contributed by atoms with van der Waals surface area (Å²) in [6.45, 7) is 1.00. The van der Waals surface area contributed by atoms with Crippen LogP contribution in [0.2, 0.25) is 5.02 Å². The van der Waals surface area contributed by atoms with Crippen LogP contribution in [0.3, 0.4) is 0 Å². The van der Waals surface area contributed by atoms with Crippen LogP contribution in [0.4, 0.5) is 5.69 Å². The third-order valence-electron chi connectivity index (χ3n) is 2.88. The minimum Gasteiger partial charge on any atom is -0.382 e. The van der Waals surface area contributed by atoms with E-state index < -0.39 is 0 Å². The van der Waals surface area contributed by atoms with Gasteiger partial charge >= 0.3 is 0 Å². The second-order valence-corrected chi connectivity index (χ2v) is 4.34. The third-order valence-corrected chi connectivity index (χ3v) is 3.21. The molecule has 0 fully saturated rings. The van der Waals surface area contributed by atoms with Gasteiger partial charge in [-0.25, -0.2) is 0 Å². The zero-order valence-corrected chi connectivity index (χ0v) is 9.51. The van der Waals surface area contributed by atoms with E-state index in [1.807, 2.05) is 24.3 Å². The van der Waals surface area contributed by atoms with Gasteiger partial charge in [-0.15, -0.1) is 0 Å². The SMILES string of the molecule is Clc1ccccc1-c1n[nH]c2c1NCCC2. The molecule has 2 aromatic rings. The van der Waals surface area contributed by atoms with E-state index in [1.165, 1.54) is 5.69 Å². The quantitative estimate of drug-likeness (QED) is 0.795. The first kappa shape index (κ1) is 9.73. The molecule has 1 aliphatic heterocycles. The van der Waals surface area contributed by atoms with E-state index >= 15 is 0 Å². The van der Waals surface area contributed by atoms with Crippen LogP contribution in [0.25, 0.3) is 11.3 Å². The first-order valence-electron chi connectivity index (χ1n) is 5.42. The summed E-state index contributed by atoms with van der Waals surface area (Å²) in [5, 5.41) is 11.6. The molecule has 0 bridgehead atoms. The number of benzene rings is 1. The summed E-state index contributed by atoms with van der Waals surface area (Å²) in [7, 11) is 0. The van der Waals surface area contributed by atoms with Gasteiger partial charge in [0.15, 0.2) is 0 Å². The number of nitrogens with zero attached hydrogens (tertiary/aromatic N) is 1. The summed E-state index contributed by atoms with van der Waals surface area (Å²) in [5.74, 6) is 0. The molecule has 0 unspecified atom stereocenters. The molecule has 0 spiro atoms. The van der Waals surface area contributed by atoms with Gasteiger partial charge in [0.1, 0.15) is 5.69 Å². The molecule has 0 radical (unpaired) electrons. The molecule has 0 amide bonds. The van der Waals surface area contributed by atoms with Gasteiger partial charge in [-0.05, 0) is 18.9 Å². The van der Waals surface area contributed by atoms with Crippen LogP contribution in [-0.2, 0) is 6.42 Å². The Labute approximate surface area is 98.8 Å². The number of aryl methyl sites for hydroxylation is 1. The molecule has 4 heteroatoms. The van der Waals surface area contributed by atoms with Crippen molar-refractivity contribution < 1.29 is 0 Å². The molecule has 0 atom stereocenters. The molecule has 16 heavy (non-hydrogen) atoms. The number of fused-ring (bicyclic) bond motifs is 1. The maximum Gasteiger partial charge on any atom is 0.117 e. The van der Waals surface area contributed by atoms with Crippen molar-refractivity contribution in [2.24, 2.45) is 0 Å². The average Bonchev–Trinajstić information content (AvgIpc) is 2.74. The predicted octanol–water partition coefficient (Wildman–Crippen LogP) is 3.09. The zero-order valence-electron chi connectivity index (χ0n) is 8.76. The highest BCUT2D eigenvalue weighted by atomic mass is 35.5. The summed E-state index contributed by atoms with van der Waals surface area (Å²) >= 11 is 6.18. The van der Waals surface area contributed by atoms with E-state index in [0.29, 0.717) is 0 Å². The number of halogens is 1. The first-order chi connectivity index (χ1) is 7.86. The van der Waals surface area contributed by atoms with Crippen molar-refractivity contribution in [1.82, 2.24) is 10.2 Å². The largest absolute Gasteiger partial charge is 0.382 e. The summed E-state index contributed by atoms with van der Waals surface area (Å²) in [4.78, 5) is 0. The van der Waals surface area contributed by atoms with Crippen LogP contribution in [0.1, 0.15) is 12.1 Å². The average molecular weight is 234 g/mol. The predicted molar refractivity (Wildman–Crippen MR) is 65.8 cm³/mol. The first-order valence-corrected chi connectivity index (χ1v) is 5.80. The summed E-state index contributed by atoms with van der Waals surface area (Å²) in [5.41, 5.74) is 4.21. The highest BCUT2D eigenvalue weighted by molar-refractivity contribution is 6.33. The minimum absolute atomic E-state index is 0.740. The Morgan fingerprint density at radius 3 is 3.00 bits per heavy atom. The topological polar surface area (TPSA) is 40.7 Å². The Hall–Kier alpha value is -1.48. The Morgan fingerprint density at radius 2 is 2.12 bits per heavy atom. The Bertz CT molecular complexity index is 519. The number of hydrogen-bond donors (Lipinski definition) is 2. The van der Waals surface area contributed by atoms with Crippen LogP contribution in [0.15, 0.2) is 24.3 Å². The maximum atomic E-state index is 6.18. The lowest BCUT2D eigenvalue weighted by Crippen LogP contribution is -2.10. The molecule has 82 valence electrons. The second-order valence-electron chi connectivity index (χ2n) is 3.94. The number of rotatable bonds is 1. The van der Waals surface area contributed by atoms with Crippen LogP contribution < -0.4 is 5.32 Å². The third kappa shape index (κ3) is 1.48. The van der Waals surface area contributed by atoms with Crippen LogP contribution in [0, 0.1) is 0 Å². The molecule has 1 aromatic heterocycles. The van der Waals surface area contributed by atoms with Gasteiger partial charge in [0.25, 0.3) is 0 Å². The van der Waals surface area contributed by atoms with Gasteiger partial charge < -0.3 is 5.32 Å². The standard InChI is InChI=1S/C12H12ClN3/c13-9-5-2-1-4-8(9)11-12-10(15-16-11)6-3-7-14-12/h1-2,4-5,14H,3,6-7H2,(H,15,16). The molecule has 2 heterocycles. The molecule has 0 saturated carbocycles. The van der Waals surface area contributed by atoms with Gasteiger partial charge in [0.05, 0.1) is 16.4 Å². The Morgan fingerprint density at radius 1 is 1.25 bits per heavy atom. The zero-order chi connectivity index (χ0) is 11.0. The summed E-state index contributed by atoms with van der Waals surface area (Å²) in [6, 6.07) is 7.79. The van der Waals surface area contributed by atoms with E-state index in [-0.39, 0.29) is 0 Å². The fourth-order valence-electron chi connectivity index (χ4n) is 2.08. The monoisotopic (exact) mass is 233 g/mol. The number of H-pyrrole nitrogens is 1. The van der Waals surface area contributed by atoms with Crippen LogP contribution in [-0.4, -0.2) is 16.7 Å². The summed E-state index contributed by atoms with van der Waals surface area (Å²) in [6.07, 6.45) is 2.21. The molecular weight excluding hydrogens is 222 g/mol. The van der Waals surface area contributed by atoms with Crippen molar-refractivity contribution in [3.05, 3.63) is 35.0 Å². The van der Waals surface area contributed by atoms with Crippen LogP contribution >= 0.6 is 11.6 Å². The van der Waals surface area contributed by atoms with Gasteiger partial charge in [-0.3, -0.25) is 5.10 Å². The van der Waals surface area contributed by atoms with E-state index in [4.69, 9.17) is 11.6 Å². The van der Waals surface area contributed by atoms with Crippen molar-refractivity contribution in [2.75, 3.05) is 11.9 Å². The normalized spacial score (nSPS) is 14.3. The van der Waals surface area contributed by atoms with Crippen molar-refractivity contribution in [1.29, 1.82) is 0 Å². The van der Waals surface area contributed by atoms with E-state index in [1.54, 1.807) is 0 Å². The smallest absolute Gasteiger partial charge is 0.117 e. The fourth-order valence-corrected chi connectivity index (χ4v) is 2.30. The Balaban J connectivity index is 2.13. The lowest BCUT2D eigenvalue weighted by atomic mass is 10.1. The highest BCUT2D eigenvalue weighted by Gasteiger charge is 2.18. The molecule has 3 nitrogen and oxygen atoms in total. The Kier molecular flexibility index (Phi) is 2.33. The number of hydrogen-bond acceptors (Lipinski definition) is 2. The fraction of sp³-hybridized carbons (Fsp3) is 0.250. The molecule has 0 saturated heterocycles. The van der Waals surface area contributed by atoms with Crippen LogP contribution in [0.5, 0.6) is 0 Å². The lowest BCUT2D eigenvalue weighted by Gasteiger charge is -2.14. The van der Waals surface area contributed by atoms with E-state index in [0.717, 1.165) is 41.4 Å². The highest BCUT2D eigenvalue weighted by Crippen LogP contribution is 2.35. The van der Waals surface area contributed by atoms with Crippen molar-refractivity contribution >= 4 is 17.3 Å². The number of aromatic nitrogens is 2. The maximum absolute atomic E-state index is 6.18. The van der Waals surface area contributed by atoms with Crippen molar-refractivity contribution in [3.8, 4) is 11.3 Å². The van der Waals surface area contributed by atoms with Gasteiger partial charge in [0, 0.05) is 12.1 Å². The minimum atomic E-state index is 0.740. The van der Waals surface area contributed by atoms with Gasteiger partial charge in [-0.2, -0.15) is 5.10 Å². The number of anilines is 1. The van der Waals surface area contributed by atoms with E-state index in [9.17, 15) is 0 Å². The second kappa shape index (κ2) is 3.83. The lowest BCUT2D eigenvalue weighted by molar-refractivity contribution is 0.801. The molecule has 0 aliphatic carbocycles. The number of aromatic amines is 1. The molecule has 1 aliphatic rings. The van der Waals surface area contributed by atoms with Gasteiger partial charge in [0.2, 0.25) is 0 Å². The molecule has 2 N–H and O–H groups in total. The molecule has 1 aromatic carbocycles. The van der Waals surface area contributed by atoms with Crippen molar-refractivity contribution in [3.63, 3.8) is 0 Å². The van der Waals surface area contributed by atoms with Gasteiger partial charge in [-0.1, -0.05) is 29.8 Å². The summed E-state index contributed by atoms with van der Waals surface area (Å²) < 4.78 is 0. The molecule has 3 rings (SSSR count). The van der Waals surface area contributed by atoms with Crippen molar-refractivity contribution in [2.45, 2.75) is 12.8 Å². The molecular formula is C12H12ClN3. The number of nitrogens with one attached hydrogen (secondary N) is 2. The van der Waals surface area contributed by atoms with E-state index in [2.05, 4.69) is 15.5 Å².